The molecule has 0 bridgehead atoms. The molecular weight excluding hydrogens is 499 g/mol. The molecule has 0 fully saturated rings. The van der Waals surface area contributed by atoms with Gasteiger partial charge < -0.3 is 15.3 Å². The lowest BCUT2D eigenvalue weighted by molar-refractivity contribution is 0.395. The SMILES string of the molecule is Cn1c(O)c(C(c2cc(Cl)c(O)c(Cl)c2)c2c(O)n(C)c(=S)n(C)c2=O)c(=O)n(C)c1=S. The Hall–Kier alpha value is -2.60. The van der Waals surface area contributed by atoms with Crippen LogP contribution in [0.3, 0.4) is 0 Å². The standard InChI is InChI=1S/C19H18Cl2N4O5S2/c1-22-14(27)11(15(28)23(2)18(22)31)10(7-5-8(20)13(26)9(21)6-7)12-16(29)24(3)19(32)25(4)17(12)30/h5-6,10,26-27,29H,1-4H3. The number of rotatable bonds is 3. The van der Waals surface area contributed by atoms with E-state index in [1.165, 1.54) is 49.5 Å². The summed E-state index contributed by atoms with van der Waals surface area (Å²) >= 11 is 22.6. The first-order valence-corrected chi connectivity index (χ1v) is 10.5. The van der Waals surface area contributed by atoms with Crippen molar-refractivity contribution in [2.75, 3.05) is 0 Å². The topological polar surface area (TPSA) is 115 Å². The van der Waals surface area contributed by atoms with Crippen LogP contribution in [-0.2, 0) is 28.2 Å². The predicted molar refractivity (Wildman–Crippen MR) is 125 cm³/mol. The van der Waals surface area contributed by atoms with Crippen LogP contribution in [0.5, 0.6) is 17.5 Å². The predicted octanol–water partition coefficient (Wildman–Crippen LogP) is 2.82. The first kappa shape index (κ1) is 24.1. The molecule has 0 aliphatic heterocycles. The van der Waals surface area contributed by atoms with Crippen molar-refractivity contribution in [1.82, 2.24) is 18.3 Å². The number of nitrogens with zero attached hydrogens (tertiary/aromatic N) is 4. The van der Waals surface area contributed by atoms with E-state index < -0.39 is 34.5 Å². The second-order valence-electron chi connectivity index (χ2n) is 7.15. The summed E-state index contributed by atoms with van der Waals surface area (Å²) < 4.78 is 4.66. The molecule has 1 aromatic carbocycles. The Morgan fingerprint density at radius 2 is 1.09 bits per heavy atom. The number of aromatic nitrogens is 4. The highest BCUT2D eigenvalue weighted by atomic mass is 35.5. The number of benzene rings is 1. The van der Waals surface area contributed by atoms with Crippen LogP contribution in [0.2, 0.25) is 10.0 Å². The largest absolute Gasteiger partial charge is 0.505 e. The highest BCUT2D eigenvalue weighted by Crippen LogP contribution is 2.41. The monoisotopic (exact) mass is 516 g/mol. The van der Waals surface area contributed by atoms with Gasteiger partial charge in [0, 0.05) is 28.2 Å². The van der Waals surface area contributed by atoms with Gasteiger partial charge in [-0.2, -0.15) is 0 Å². The van der Waals surface area contributed by atoms with Crippen molar-refractivity contribution in [1.29, 1.82) is 0 Å². The van der Waals surface area contributed by atoms with Gasteiger partial charge in [0.25, 0.3) is 11.1 Å². The Morgan fingerprint density at radius 3 is 1.44 bits per heavy atom. The average molecular weight is 517 g/mol. The van der Waals surface area contributed by atoms with Crippen molar-refractivity contribution in [3.63, 3.8) is 0 Å². The second-order valence-corrected chi connectivity index (χ2v) is 8.70. The van der Waals surface area contributed by atoms with E-state index in [-0.39, 0.29) is 36.3 Å². The van der Waals surface area contributed by atoms with Crippen LogP contribution in [0.4, 0.5) is 0 Å². The molecule has 170 valence electrons. The van der Waals surface area contributed by atoms with Crippen LogP contribution < -0.4 is 11.1 Å². The molecule has 0 unspecified atom stereocenters. The van der Waals surface area contributed by atoms with E-state index in [2.05, 4.69) is 0 Å². The van der Waals surface area contributed by atoms with Gasteiger partial charge in [-0.15, -0.1) is 0 Å². The molecule has 0 spiro atoms. The number of hydrogen-bond donors (Lipinski definition) is 3. The van der Waals surface area contributed by atoms with E-state index >= 15 is 0 Å². The Labute approximate surface area is 201 Å². The van der Waals surface area contributed by atoms with Gasteiger partial charge >= 0.3 is 0 Å². The van der Waals surface area contributed by atoms with Crippen molar-refractivity contribution in [3.8, 4) is 17.5 Å². The molecule has 3 rings (SSSR count). The molecule has 0 atom stereocenters. The minimum atomic E-state index is -1.34. The van der Waals surface area contributed by atoms with Crippen LogP contribution in [0.25, 0.3) is 0 Å². The van der Waals surface area contributed by atoms with Crippen LogP contribution in [0.15, 0.2) is 21.7 Å². The van der Waals surface area contributed by atoms with Crippen molar-refractivity contribution >= 4 is 47.6 Å². The zero-order valence-corrected chi connectivity index (χ0v) is 20.4. The Morgan fingerprint density at radius 1 is 0.750 bits per heavy atom. The van der Waals surface area contributed by atoms with Gasteiger partial charge in [0.05, 0.1) is 27.1 Å². The summed E-state index contributed by atoms with van der Waals surface area (Å²) in [5, 5.41) is 31.5. The summed E-state index contributed by atoms with van der Waals surface area (Å²) in [6, 6.07) is 2.57. The second kappa shape index (κ2) is 8.39. The third-order valence-corrected chi connectivity index (χ3v) is 6.96. The van der Waals surface area contributed by atoms with E-state index in [1.807, 2.05) is 0 Å². The lowest BCUT2D eigenvalue weighted by Gasteiger charge is -2.23. The van der Waals surface area contributed by atoms with Crippen LogP contribution >= 0.6 is 47.6 Å². The zero-order valence-electron chi connectivity index (χ0n) is 17.3. The van der Waals surface area contributed by atoms with E-state index in [0.717, 1.165) is 9.13 Å². The molecule has 32 heavy (non-hydrogen) atoms. The lowest BCUT2D eigenvalue weighted by atomic mass is 9.86. The highest BCUT2D eigenvalue weighted by molar-refractivity contribution is 7.71. The summed E-state index contributed by atoms with van der Waals surface area (Å²) in [4.78, 5) is 26.5. The molecule has 0 saturated carbocycles. The van der Waals surface area contributed by atoms with Gasteiger partial charge in [0.2, 0.25) is 11.8 Å². The maximum atomic E-state index is 13.2. The summed E-state index contributed by atoms with van der Waals surface area (Å²) in [6.07, 6.45) is 0. The summed E-state index contributed by atoms with van der Waals surface area (Å²) in [6.45, 7) is 0. The van der Waals surface area contributed by atoms with E-state index in [0.29, 0.717) is 0 Å². The molecule has 9 nitrogen and oxygen atoms in total. The maximum absolute atomic E-state index is 13.2. The molecule has 0 radical (unpaired) electrons. The van der Waals surface area contributed by atoms with Crippen LogP contribution in [0, 0.1) is 9.54 Å². The minimum absolute atomic E-state index is 0.0281. The third kappa shape index (κ3) is 3.54. The first-order valence-electron chi connectivity index (χ1n) is 8.96. The van der Waals surface area contributed by atoms with Crippen LogP contribution in [0.1, 0.15) is 22.6 Å². The molecule has 0 saturated heterocycles. The summed E-state index contributed by atoms with van der Waals surface area (Å²) in [5.74, 6) is -2.78. The van der Waals surface area contributed by atoms with Gasteiger partial charge in [-0.1, -0.05) is 23.2 Å². The fraction of sp³-hybridized carbons (Fsp3) is 0.263. The average Bonchev–Trinajstić information content (AvgIpc) is 2.75. The Bertz CT molecular complexity index is 1410. The van der Waals surface area contributed by atoms with Gasteiger partial charge in [-0.3, -0.25) is 27.9 Å². The smallest absolute Gasteiger partial charge is 0.262 e. The number of phenolic OH excluding ortho intramolecular Hbond substituents is 1. The molecule has 3 N–H and O–H groups in total. The normalized spacial score (nSPS) is 11.3. The van der Waals surface area contributed by atoms with Gasteiger partial charge in [0.15, 0.2) is 15.3 Å². The number of hydrogen-bond acceptors (Lipinski definition) is 7. The van der Waals surface area contributed by atoms with Gasteiger partial charge in [-0.25, -0.2) is 0 Å². The molecule has 2 heterocycles. The third-order valence-electron chi connectivity index (χ3n) is 5.28. The minimum Gasteiger partial charge on any atom is -0.505 e. The number of phenols is 1. The van der Waals surface area contributed by atoms with Crippen molar-refractivity contribution in [3.05, 3.63) is 69.1 Å². The lowest BCUT2D eigenvalue weighted by Crippen LogP contribution is -2.33. The molecule has 13 heteroatoms. The van der Waals surface area contributed by atoms with Crippen molar-refractivity contribution < 1.29 is 15.3 Å². The molecule has 0 aliphatic carbocycles. The van der Waals surface area contributed by atoms with E-state index in [1.54, 1.807) is 0 Å². The van der Waals surface area contributed by atoms with Gasteiger partial charge in [0.1, 0.15) is 0 Å². The fourth-order valence-electron chi connectivity index (χ4n) is 3.45. The van der Waals surface area contributed by atoms with Crippen LogP contribution in [-0.4, -0.2) is 33.6 Å². The number of aromatic hydroxyl groups is 3. The van der Waals surface area contributed by atoms with Crippen molar-refractivity contribution in [2.24, 2.45) is 28.2 Å². The number of halogens is 2. The molecule has 0 amide bonds. The summed E-state index contributed by atoms with van der Waals surface area (Å²) in [7, 11) is 5.70. The quantitative estimate of drug-likeness (QED) is 0.458. The molecule has 2 aromatic heterocycles. The van der Waals surface area contributed by atoms with E-state index in [4.69, 9.17) is 47.6 Å². The Kier molecular flexibility index (Phi) is 6.31. The van der Waals surface area contributed by atoms with Crippen molar-refractivity contribution in [2.45, 2.75) is 5.92 Å². The fourth-order valence-corrected chi connectivity index (χ4v) is 4.30. The molecule has 0 aliphatic rings. The summed E-state index contributed by atoms with van der Waals surface area (Å²) in [5.41, 5.74) is -1.77. The molecular formula is C19H18Cl2N4O5S2. The van der Waals surface area contributed by atoms with Gasteiger partial charge in [-0.05, 0) is 42.1 Å². The highest BCUT2D eigenvalue weighted by Gasteiger charge is 2.33. The maximum Gasteiger partial charge on any atom is 0.262 e. The Balaban J connectivity index is 2.63. The molecule has 3 aromatic rings. The van der Waals surface area contributed by atoms with E-state index in [9.17, 15) is 24.9 Å². The first-order chi connectivity index (χ1) is 14.8. The zero-order chi connectivity index (χ0) is 24.2.